The van der Waals surface area contributed by atoms with Gasteiger partial charge < -0.3 is 14.8 Å². The number of aliphatic imine (C=N–C) groups is 1. The van der Waals surface area contributed by atoms with Gasteiger partial charge in [0, 0.05) is 6.04 Å². The zero-order chi connectivity index (χ0) is 26.2. The van der Waals surface area contributed by atoms with Crippen LogP contribution in [0, 0.1) is 5.92 Å². The van der Waals surface area contributed by atoms with Crippen molar-refractivity contribution in [2.75, 3.05) is 6.54 Å². The number of amides is 3. The maximum atomic E-state index is 12.9. The number of nitrogens with one attached hydrogen (secondary N) is 1. The molecule has 0 saturated carbocycles. The highest BCUT2D eigenvalue weighted by molar-refractivity contribution is 6.42. The third-order valence-electron chi connectivity index (χ3n) is 5.35. The van der Waals surface area contributed by atoms with Gasteiger partial charge in [0.25, 0.3) is 5.91 Å². The molecule has 3 amide bonds. The van der Waals surface area contributed by atoms with E-state index in [0.717, 1.165) is 5.56 Å². The molecule has 2 atom stereocenters. The van der Waals surface area contributed by atoms with Gasteiger partial charge in [0.1, 0.15) is 18.2 Å². The van der Waals surface area contributed by atoms with Crippen molar-refractivity contribution >= 4 is 29.6 Å². The lowest BCUT2D eigenvalue weighted by Crippen LogP contribution is -2.44. The molecule has 0 aliphatic carbocycles. The molecule has 1 aromatic carbocycles. The van der Waals surface area contributed by atoms with Crippen LogP contribution < -0.4 is 5.32 Å². The van der Waals surface area contributed by atoms with E-state index < -0.39 is 35.5 Å². The van der Waals surface area contributed by atoms with Gasteiger partial charge in [-0.05, 0) is 58.4 Å². The molecule has 1 aliphatic heterocycles. The molecule has 1 N–H and O–H groups in total. The zero-order valence-corrected chi connectivity index (χ0v) is 21.5. The molecule has 1 saturated heterocycles. The highest BCUT2D eigenvalue weighted by Crippen LogP contribution is 2.17. The molecule has 1 heterocycles. The highest BCUT2D eigenvalue weighted by Gasteiger charge is 2.32. The summed E-state index contributed by atoms with van der Waals surface area (Å²) in [6.45, 7) is 10.7. The minimum absolute atomic E-state index is 0.0961. The predicted octanol–water partition coefficient (Wildman–Crippen LogP) is 4.28. The number of alkyl carbamates (subject to hydrolysis) is 1. The van der Waals surface area contributed by atoms with Crippen molar-refractivity contribution in [3.05, 3.63) is 35.9 Å². The molecule has 35 heavy (non-hydrogen) atoms. The van der Waals surface area contributed by atoms with Gasteiger partial charge in [0.05, 0.1) is 12.3 Å². The topological polar surface area (TPSA) is 114 Å². The standard InChI is InChI=1S/C26H37N3O6/c1-17(2)14-21(28-24(32)35-26(4,5)6)23(31)27-20-13-12-18(3)29(15-22(20)30)25(33)34-16-19-10-8-7-9-11-19/h7-11,17-18,21H,12-16H2,1-6H3,(H,28,32)/t18-,21+/m1/s1. The van der Waals surface area contributed by atoms with Gasteiger partial charge in [-0.3, -0.25) is 14.5 Å². The summed E-state index contributed by atoms with van der Waals surface area (Å²) in [4.78, 5) is 56.2. The number of hydrogen-bond donors (Lipinski definition) is 1. The number of ketones is 1. The summed E-state index contributed by atoms with van der Waals surface area (Å²) in [5.41, 5.74) is 0.226. The molecular weight excluding hydrogens is 450 g/mol. The Labute approximate surface area is 207 Å². The molecule has 9 nitrogen and oxygen atoms in total. The lowest BCUT2D eigenvalue weighted by molar-refractivity contribution is -0.120. The van der Waals surface area contributed by atoms with Crippen molar-refractivity contribution in [3.8, 4) is 0 Å². The summed E-state index contributed by atoms with van der Waals surface area (Å²) in [6, 6.07) is 8.09. The molecule has 0 bridgehead atoms. The van der Waals surface area contributed by atoms with Crippen LogP contribution in [0.25, 0.3) is 0 Å². The molecule has 1 aliphatic rings. The Balaban J connectivity index is 2.08. The summed E-state index contributed by atoms with van der Waals surface area (Å²) in [5.74, 6) is -0.931. The number of carbonyl (C=O) groups excluding carboxylic acids is 4. The molecule has 0 unspecified atom stereocenters. The van der Waals surface area contributed by atoms with Crippen LogP contribution in [0.15, 0.2) is 35.3 Å². The van der Waals surface area contributed by atoms with E-state index in [2.05, 4.69) is 10.3 Å². The Kier molecular flexibility index (Phi) is 9.98. The fraction of sp³-hybridized carbons (Fsp3) is 0.577. The predicted molar refractivity (Wildman–Crippen MR) is 132 cm³/mol. The Morgan fingerprint density at radius 2 is 1.83 bits per heavy atom. The fourth-order valence-electron chi connectivity index (χ4n) is 3.56. The molecule has 0 radical (unpaired) electrons. The van der Waals surface area contributed by atoms with E-state index >= 15 is 0 Å². The molecule has 1 aromatic rings. The average Bonchev–Trinajstić information content (AvgIpc) is 2.89. The van der Waals surface area contributed by atoms with Crippen LogP contribution in [-0.4, -0.2) is 58.7 Å². The fourth-order valence-corrected chi connectivity index (χ4v) is 3.56. The smallest absolute Gasteiger partial charge is 0.410 e. The molecule has 0 aromatic heterocycles. The van der Waals surface area contributed by atoms with Crippen LogP contribution in [0.1, 0.15) is 66.4 Å². The third kappa shape index (κ3) is 9.50. The molecule has 0 spiro atoms. The van der Waals surface area contributed by atoms with Crippen molar-refractivity contribution < 1.29 is 28.7 Å². The van der Waals surface area contributed by atoms with Gasteiger partial charge in [-0.2, -0.15) is 0 Å². The summed E-state index contributed by atoms with van der Waals surface area (Å²) in [7, 11) is 0. The van der Waals surface area contributed by atoms with E-state index in [1.807, 2.05) is 51.1 Å². The van der Waals surface area contributed by atoms with E-state index in [1.54, 1.807) is 20.8 Å². The number of Topliss-reactive ketones (excluding diaryl/α,β-unsaturated/α-hetero) is 1. The van der Waals surface area contributed by atoms with E-state index in [9.17, 15) is 19.2 Å². The average molecular weight is 488 g/mol. The molecule has 192 valence electrons. The van der Waals surface area contributed by atoms with Gasteiger partial charge in [-0.1, -0.05) is 44.2 Å². The van der Waals surface area contributed by atoms with Gasteiger partial charge in [0.15, 0.2) is 5.78 Å². The van der Waals surface area contributed by atoms with Gasteiger partial charge in [-0.25, -0.2) is 14.6 Å². The summed E-state index contributed by atoms with van der Waals surface area (Å²) in [6.07, 6.45) is -0.268. The maximum Gasteiger partial charge on any atom is 0.410 e. The largest absolute Gasteiger partial charge is 0.445 e. The maximum absolute atomic E-state index is 12.9. The Morgan fingerprint density at radius 3 is 2.43 bits per heavy atom. The minimum atomic E-state index is -0.919. The first kappa shape index (κ1) is 28.0. The van der Waals surface area contributed by atoms with Crippen molar-refractivity contribution in [1.82, 2.24) is 10.2 Å². The molecule has 1 fully saturated rings. The summed E-state index contributed by atoms with van der Waals surface area (Å²) >= 11 is 0. The Hall–Kier alpha value is -3.23. The number of ether oxygens (including phenoxy) is 2. The van der Waals surface area contributed by atoms with Crippen molar-refractivity contribution in [2.45, 2.75) is 85.1 Å². The van der Waals surface area contributed by atoms with Crippen LogP contribution in [0.5, 0.6) is 0 Å². The SMILES string of the molecule is CC(C)C[C@H](NC(=O)OC(C)(C)C)C(=O)N=C1CC[C@@H](C)N(C(=O)OCc2ccccc2)CC1=O. The number of nitrogens with zero attached hydrogens (tertiary/aromatic N) is 2. The molecule has 9 heteroatoms. The summed E-state index contributed by atoms with van der Waals surface area (Å²) in [5, 5.41) is 2.58. The van der Waals surface area contributed by atoms with Crippen LogP contribution in [0.2, 0.25) is 0 Å². The second-order valence-corrected chi connectivity index (χ2v) is 10.2. The second kappa shape index (κ2) is 12.5. The van der Waals surface area contributed by atoms with Crippen molar-refractivity contribution in [3.63, 3.8) is 0 Å². The lowest BCUT2D eigenvalue weighted by atomic mass is 10.0. The second-order valence-electron chi connectivity index (χ2n) is 10.2. The first-order valence-corrected chi connectivity index (χ1v) is 12.0. The first-order chi connectivity index (χ1) is 16.4. The zero-order valence-electron chi connectivity index (χ0n) is 21.5. The van der Waals surface area contributed by atoms with Gasteiger partial charge >= 0.3 is 12.2 Å². The number of hydrogen-bond acceptors (Lipinski definition) is 6. The van der Waals surface area contributed by atoms with Crippen LogP contribution in [-0.2, 0) is 25.7 Å². The van der Waals surface area contributed by atoms with Gasteiger partial charge in [-0.15, -0.1) is 0 Å². The first-order valence-electron chi connectivity index (χ1n) is 12.0. The van der Waals surface area contributed by atoms with E-state index in [4.69, 9.17) is 9.47 Å². The summed E-state index contributed by atoms with van der Waals surface area (Å²) < 4.78 is 10.7. The minimum Gasteiger partial charge on any atom is -0.445 e. The van der Waals surface area contributed by atoms with Crippen molar-refractivity contribution in [2.24, 2.45) is 10.9 Å². The molecule has 2 rings (SSSR count). The Morgan fingerprint density at radius 1 is 1.17 bits per heavy atom. The quantitative estimate of drug-likeness (QED) is 0.640. The third-order valence-corrected chi connectivity index (χ3v) is 5.35. The normalized spacial score (nSPS) is 18.7. The van der Waals surface area contributed by atoms with Crippen LogP contribution in [0.4, 0.5) is 9.59 Å². The van der Waals surface area contributed by atoms with Crippen LogP contribution >= 0.6 is 0 Å². The number of benzene rings is 1. The monoisotopic (exact) mass is 487 g/mol. The van der Waals surface area contributed by atoms with E-state index in [-0.39, 0.29) is 37.2 Å². The molecular formula is C26H37N3O6. The number of rotatable bonds is 6. The van der Waals surface area contributed by atoms with E-state index in [1.165, 1.54) is 4.90 Å². The lowest BCUT2D eigenvalue weighted by Gasteiger charge is -2.25. The van der Waals surface area contributed by atoms with Crippen LogP contribution in [0.3, 0.4) is 0 Å². The number of likely N-dealkylation sites (tertiary alicyclic amines) is 1. The number of carbonyl (C=O) groups is 4. The van der Waals surface area contributed by atoms with Crippen molar-refractivity contribution in [1.29, 1.82) is 0 Å². The Bertz CT molecular complexity index is 936. The van der Waals surface area contributed by atoms with E-state index in [0.29, 0.717) is 12.8 Å². The highest BCUT2D eigenvalue weighted by atomic mass is 16.6. The van der Waals surface area contributed by atoms with Gasteiger partial charge in [0.2, 0.25) is 0 Å².